The number of carbonyl (C=O) groups is 1. The van der Waals surface area contributed by atoms with Crippen molar-refractivity contribution in [2.24, 2.45) is 0 Å². The zero-order valence-electron chi connectivity index (χ0n) is 17.5. The standard InChI is InChI=1S/C24H29N3O2/c1-4-29-23-12-8-9-21(15-23)26-24(28)20(16-25)14-19-13-17(2)27(18(19)3)22-10-6-5-7-11-22/h8-9,12-15,22H,4-7,10-11H2,1-3H3,(H,26,28). The Bertz CT molecular complexity index is 944. The highest BCUT2D eigenvalue weighted by atomic mass is 16.5. The predicted molar refractivity (Wildman–Crippen MR) is 116 cm³/mol. The van der Waals surface area contributed by atoms with Crippen LogP contribution in [0.5, 0.6) is 5.75 Å². The number of ether oxygens (including phenoxy) is 1. The van der Waals surface area contributed by atoms with Crippen molar-refractivity contribution in [3.63, 3.8) is 0 Å². The molecular weight excluding hydrogens is 362 g/mol. The first-order valence-electron chi connectivity index (χ1n) is 10.4. The van der Waals surface area contributed by atoms with Crippen molar-refractivity contribution in [1.29, 1.82) is 5.26 Å². The number of hydrogen-bond donors (Lipinski definition) is 1. The van der Waals surface area contributed by atoms with E-state index >= 15 is 0 Å². The monoisotopic (exact) mass is 391 g/mol. The Morgan fingerprint density at radius 3 is 2.72 bits per heavy atom. The van der Waals surface area contributed by atoms with Crippen LogP contribution in [-0.4, -0.2) is 17.1 Å². The molecule has 0 unspecified atom stereocenters. The average molecular weight is 392 g/mol. The van der Waals surface area contributed by atoms with Crippen LogP contribution in [0.2, 0.25) is 0 Å². The highest BCUT2D eigenvalue weighted by Gasteiger charge is 2.20. The molecule has 1 aromatic heterocycles. The van der Waals surface area contributed by atoms with E-state index in [1.165, 1.54) is 37.8 Å². The molecule has 1 saturated carbocycles. The third-order valence-corrected chi connectivity index (χ3v) is 5.53. The molecule has 2 aromatic rings. The summed E-state index contributed by atoms with van der Waals surface area (Å²) in [6, 6.07) is 11.8. The Hall–Kier alpha value is -3.00. The summed E-state index contributed by atoms with van der Waals surface area (Å²) in [5.74, 6) is 0.271. The zero-order valence-corrected chi connectivity index (χ0v) is 17.5. The van der Waals surface area contributed by atoms with Gasteiger partial charge in [-0.2, -0.15) is 5.26 Å². The number of nitrogens with zero attached hydrogens (tertiary/aromatic N) is 2. The Kier molecular flexibility index (Phi) is 6.77. The van der Waals surface area contributed by atoms with Crippen LogP contribution < -0.4 is 10.1 Å². The van der Waals surface area contributed by atoms with Gasteiger partial charge in [0, 0.05) is 29.2 Å². The highest BCUT2D eigenvalue weighted by Crippen LogP contribution is 2.32. The lowest BCUT2D eigenvalue weighted by atomic mass is 9.95. The van der Waals surface area contributed by atoms with Crippen LogP contribution in [0, 0.1) is 25.2 Å². The molecule has 3 rings (SSSR count). The van der Waals surface area contributed by atoms with Crippen LogP contribution in [0.3, 0.4) is 0 Å². The molecule has 1 heterocycles. The second-order valence-corrected chi connectivity index (χ2v) is 7.57. The van der Waals surface area contributed by atoms with Gasteiger partial charge >= 0.3 is 0 Å². The molecule has 0 bridgehead atoms. The van der Waals surface area contributed by atoms with Gasteiger partial charge in [-0.3, -0.25) is 4.79 Å². The van der Waals surface area contributed by atoms with Crippen molar-refractivity contribution < 1.29 is 9.53 Å². The number of rotatable bonds is 6. The van der Waals surface area contributed by atoms with Gasteiger partial charge in [-0.1, -0.05) is 25.3 Å². The van der Waals surface area contributed by atoms with E-state index in [1.807, 2.05) is 19.1 Å². The number of benzene rings is 1. The summed E-state index contributed by atoms with van der Waals surface area (Å²) in [6.07, 6.45) is 7.93. The van der Waals surface area contributed by atoms with Gasteiger partial charge in [-0.25, -0.2) is 0 Å². The lowest BCUT2D eigenvalue weighted by molar-refractivity contribution is -0.112. The van der Waals surface area contributed by atoms with Gasteiger partial charge in [0.25, 0.3) is 5.91 Å². The third-order valence-electron chi connectivity index (χ3n) is 5.53. The SMILES string of the molecule is CCOc1cccc(NC(=O)C(C#N)=Cc2cc(C)n(C3CCCCC3)c2C)c1. The number of nitriles is 1. The van der Waals surface area contributed by atoms with Crippen molar-refractivity contribution in [1.82, 2.24) is 4.57 Å². The van der Waals surface area contributed by atoms with E-state index in [0.717, 1.165) is 11.3 Å². The van der Waals surface area contributed by atoms with Crippen LogP contribution in [-0.2, 0) is 4.79 Å². The minimum absolute atomic E-state index is 0.0932. The number of nitrogens with one attached hydrogen (secondary N) is 1. The summed E-state index contributed by atoms with van der Waals surface area (Å²) < 4.78 is 7.84. The lowest BCUT2D eigenvalue weighted by Gasteiger charge is -2.26. The molecule has 0 atom stereocenters. The van der Waals surface area contributed by atoms with Gasteiger partial charge in [0.15, 0.2) is 0 Å². The van der Waals surface area contributed by atoms with Crippen molar-refractivity contribution >= 4 is 17.7 Å². The highest BCUT2D eigenvalue weighted by molar-refractivity contribution is 6.09. The van der Waals surface area contributed by atoms with Crippen LogP contribution in [0.15, 0.2) is 35.9 Å². The fourth-order valence-electron chi connectivity index (χ4n) is 4.18. The summed E-state index contributed by atoms with van der Waals surface area (Å²) >= 11 is 0. The molecule has 0 aliphatic heterocycles. The number of carbonyl (C=O) groups excluding carboxylic acids is 1. The number of hydrogen-bond acceptors (Lipinski definition) is 3. The van der Waals surface area contributed by atoms with E-state index in [2.05, 4.69) is 35.9 Å². The number of aromatic nitrogens is 1. The normalized spacial score (nSPS) is 15.0. The summed E-state index contributed by atoms with van der Waals surface area (Å²) in [5.41, 5.74) is 3.93. The molecule has 0 spiro atoms. The molecule has 1 aromatic carbocycles. The summed E-state index contributed by atoms with van der Waals surface area (Å²) in [7, 11) is 0. The second kappa shape index (κ2) is 9.47. The second-order valence-electron chi connectivity index (χ2n) is 7.57. The number of anilines is 1. The molecule has 0 saturated heterocycles. The van der Waals surface area contributed by atoms with Crippen molar-refractivity contribution in [2.75, 3.05) is 11.9 Å². The fourth-order valence-corrected chi connectivity index (χ4v) is 4.18. The molecule has 0 radical (unpaired) electrons. The van der Waals surface area contributed by atoms with Gasteiger partial charge in [0.2, 0.25) is 0 Å². The summed E-state index contributed by atoms with van der Waals surface area (Å²) in [4.78, 5) is 12.7. The first kappa shape index (κ1) is 20.7. The lowest BCUT2D eigenvalue weighted by Crippen LogP contribution is -2.15. The minimum Gasteiger partial charge on any atom is -0.494 e. The smallest absolute Gasteiger partial charge is 0.266 e. The molecule has 1 aliphatic rings. The van der Waals surface area contributed by atoms with E-state index in [4.69, 9.17) is 4.74 Å². The molecule has 152 valence electrons. The number of amides is 1. The molecular formula is C24H29N3O2. The van der Waals surface area contributed by atoms with Crippen LogP contribution in [0.1, 0.15) is 62.0 Å². The van der Waals surface area contributed by atoms with Crippen molar-refractivity contribution in [2.45, 2.75) is 58.9 Å². The van der Waals surface area contributed by atoms with Gasteiger partial charge in [-0.05, 0) is 63.5 Å². The molecule has 1 amide bonds. The van der Waals surface area contributed by atoms with Crippen LogP contribution >= 0.6 is 0 Å². The molecule has 5 nitrogen and oxygen atoms in total. The summed E-state index contributed by atoms with van der Waals surface area (Å²) in [5, 5.41) is 12.4. The van der Waals surface area contributed by atoms with Gasteiger partial charge in [0.05, 0.1) is 6.61 Å². The van der Waals surface area contributed by atoms with Crippen LogP contribution in [0.4, 0.5) is 5.69 Å². The molecule has 1 N–H and O–H groups in total. The van der Waals surface area contributed by atoms with Gasteiger partial charge in [-0.15, -0.1) is 0 Å². The van der Waals surface area contributed by atoms with E-state index < -0.39 is 5.91 Å². The van der Waals surface area contributed by atoms with E-state index in [0.29, 0.717) is 24.1 Å². The van der Waals surface area contributed by atoms with Crippen molar-refractivity contribution in [3.05, 3.63) is 52.9 Å². The number of aryl methyl sites for hydroxylation is 1. The first-order valence-corrected chi connectivity index (χ1v) is 10.4. The maximum Gasteiger partial charge on any atom is 0.266 e. The topological polar surface area (TPSA) is 67.0 Å². The quantitative estimate of drug-likeness (QED) is 0.518. The summed E-state index contributed by atoms with van der Waals surface area (Å²) in [6.45, 7) is 6.64. The molecule has 1 fully saturated rings. The zero-order chi connectivity index (χ0) is 20.8. The largest absolute Gasteiger partial charge is 0.494 e. The first-order chi connectivity index (χ1) is 14.0. The Labute approximate surface area is 173 Å². The third kappa shape index (κ3) is 4.89. The van der Waals surface area contributed by atoms with E-state index in [1.54, 1.807) is 18.2 Å². The Morgan fingerprint density at radius 1 is 1.28 bits per heavy atom. The maximum atomic E-state index is 12.7. The molecule has 1 aliphatic carbocycles. The molecule has 29 heavy (non-hydrogen) atoms. The maximum absolute atomic E-state index is 12.7. The van der Waals surface area contributed by atoms with E-state index in [9.17, 15) is 10.1 Å². The minimum atomic E-state index is -0.413. The average Bonchev–Trinajstić information content (AvgIpc) is 3.00. The van der Waals surface area contributed by atoms with Crippen LogP contribution in [0.25, 0.3) is 6.08 Å². The Balaban J connectivity index is 1.81. The predicted octanol–water partition coefficient (Wildman–Crippen LogP) is 5.55. The molecule has 5 heteroatoms. The van der Waals surface area contributed by atoms with Gasteiger partial charge < -0.3 is 14.6 Å². The van der Waals surface area contributed by atoms with E-state index in [-0.39, 0.29) is 5.57 Å². The fraction of sp³-hybridized carbons (Fsp3) is 0.417. The Morgan fingerprint density at radius 2 is 2.03 bits per heavy atom. The van der Waals surface area contributed by atoms with Crippen molar-refractivity contribution in [3.8, 4) is 11.8 Å². The van der Waals surface area contributed by atoms with Gasteiger partial charge in [0.1, 0.15) is 17.4 Å².